The van der Waals surface area contributed by atoms with Crippen molar-refractivity contribution >= 4 is 11.7 Å². The van der Waals surface area contributed by atoms with Crippen molar-refractivity contribution in [3.63, 3.8) is 0 Å². The van der Waals surface area contributed by atoms with Crippen molar-refractivity contribution in [2.75, 3.05) is 7.05 Å². The number of rotatable bonds is 2. The lowest BCUT2D eigenvalue weighted by Gasteiger charge is -2.23. The number of benzene rings is 1. The predicted octanol–water partition coefficient (Wildman–Crippen LogP) is 2.32. The van der Waals surface area contributed by atoms with Gasteiger partial charge in [0.25, 0.3) is 5.91 Å². The molecular weight excluding hydrogens is 212 g/mol. The molecule has 0 aliphatic carbocycles. The molecule has 0 radical (unpaired) electrons. The zero-order valence-electron chi connectivity index (χ0n) is 10.8. The van der Waals surface area contributed by atoms with E-state index in [0.717, 1.165) is 11.4 Å². The minimum absolute atomic E-state index is 0.0753. The number of amidine groups is 1. The van der Waals surface area contributed by atoms with Gasteiger partial charge in [-0.1, -0.05) is 44.2 Å². The molecule has 17 heavy (non-hydrogen) atoms. The van der Waals surface area contributed by atoms with E-state index in [1.807, 2.05) is 51.1 Å². The zero-order chi connectivity index (χ0) is 12.6. The van der Waals surface area contributed by atoms with Gasteiger partial charge < -0.3 is 0 Å². The summed E-state index contributed by atoms with van der Waals surface area (Å²) in [6.45, 7) is 5.97. The van der Waals surface area contributed by atoms with Crippen LogP contribution in [0.25, 0.3) is 0 Å². The molecule has 90 valence electrons. The lowest BCUT2D eigenvalue weighted by Crippen LogP contribution is -2.42. The quantitative estimate of drug-likeness (QED) is 0.767. The molecule has 0 bridgehead atoms. The van der Waals surface area contributed by atoms with Crippen molar-refractivity contribution in [2.24, 2.45) is 10.9 Å². The number of nitrogens with zero attached hydrogens (tertiary/aromatic N) is 2. The van der Waals surface area contributed by atoms with Crippen molar-refractivity contribution in [1.29, 1.82) is 0 Å². The molecular formula is C14H18N2O. The molecule has 0 unspecified atom stereocenters. The molecule has 1 aromatic rings. The second kappa shape index (κ2) is 3.99. The molecule has 1 heterocycles. The Labute approximate surface area is 102 Å². The Balaban J connectivity index is 2.47. The average molecular weight is 230 g/mol. The summed E-state index contributed by atoms with van der Waals surface area (Å²) in [5.74, 6) is 1.04. The molecule has 0 fully saturated rings. The van der Waals surface area contributed by atoms with Crippen LogP contribution in [0.1, 0.15) is 26.3 Å². The molecule has 3 nitrogen and oxygen atoms in total. The molecule has 1 aromatic carbocycles. The molecule has 1 amide bonds. The molecule has 2 rings (SSSR count). The number of hydrogen-bond acceptors (Lipinski definition) is 2. The molecule has 1 aliphatic heterocycles. The summed E-state index contributed by atoms with van der Waals surface area (Å²) in [5, 5.41) is 0. The molecule has 0 N–H and O–H groups in total. The summed E-state index contributed by atoms with van der Waals surface area (Å²) in [6, 6.07) is 9.84. The molecule has 1 aliphatic rings. The first-order valence-corrected chi connectivity index (χ1v) is 5.90. The van der Waals surface area contributed by atoms with Crippen molar-refractivity contribution in [3.05, 3.63) is 35.9 Å². The maximum atomic E-state index is 12.3. The first kappa shape index (κ1) is 11.8. The van der Waals surface area contributed by atoms with Crippen LogP contribution in [0, 0.1) is 5.92 Å². The SMILES string of the molecule is CC(C)[C@@]1(C)N=C(c2ccccc2)N(C)C1=O. The largest absolute Gasteiger partial charge is 0.298 e. The lowest BCUT2D eigenvalue weighted by molar-refractivity contribution is -0.131. The van der Waals surface area contributed by atoms with E-state index in [0.29, 0.717) is 0 Å². The summed E-state index contributed by atoms with van der Waals surface area (Å²) < 4.78 is 0. The zero-order valence-corrected chi connectivity index (χ0v) is 10.8. The highest BCUT2D eigenvalue weighted by Crippen LogP contribution is 2.30. The van der Waals surface area contributed by atoms with Gasteiger partial charge in [-0.2, -0.15) is 0 Å². The van der Waals surface area contributed by atoms with E-state index in [4.69, 9.17) is 0 Å². The van der Waals surface area contributed by atoms with Crippen LogP contribution in [-0.2, 0) is 4.79 Å². The van der Waals surface area contributed by atoms with Crippen molar-refractivity contribution in [2.45, 2.75) is 26.3 Å². The van der Waals surface area contributed by atoms with Gasteiger partial charge in [-0.25, -0.2) is 0 Å². The van der Waals surface area contributed by atoms with Crippen LogP contribution >= 0.6 is 0 Å². The Kier molecular flexibility index (Phi) is 2.77. The normalized spacial score (nSPS) is 24.4. The van der Waals surface area contributed by atoms with Crippen LogP contribution in [0.15, 0.2) is 35.3 Å². The lowest BCUT2D eigenvalue weighted by atomic mass is 9.89. The summed E-state index contributed by atoms with van der Waals surface area (Å²) >= 11 is 0. The number of likely N-dealkylation sites (N-methyl/N-ethyl adjacent to an activating group) is 1. The maximum absolute atomic E-state index is 12.3. The summed E-state index contributed by atoms with van der Waals surface area (Å²) in [7, 11) is 1.79. The van der Waals surface area contributed by atoms with E-state index in [-0.39, 0.29) is 11.8 Å². The highest BCUT2D eigenvalue weighted by atomic mass is 16.2. The van der Waals surface area contributed by atoms with Gasteiger partial charge in [0.05, 0.1) is 0 Å². The molecule has 1 atom stereocenters. The first-order chi connectivity index (χ1) is 7.97. The minimum atomic E-state index is -0.625. The van der Waals surface area contributed by atoms with Gasteiger partial charge in [-0.05, 0) is 12.8 Å². The fraction of sp³-hybridized carbons (Fsp3) is 0.429. The first-order valence-electron chi connectivity index (χ1n) is 5.90. The van der Waals surface area contributed by atoms with Crippen molar-refractivity contribution in [3.8, 4) is 0 Å². The Morgan fingerprint density at radius 1 is 1.24 bits per heavy atom. The van der Waals surface area contributed by atoms with E-state index < -0.39 is 5.54 Å². The molecule has 0 saturated heterocycles. The van der Waals surface area contributed by atoms with Gasteiger partial charge in [0.1, 0.15) is 11.4 Å². The van der Waals surface area contributed by atoms with Gasteiger partial charge in [-0.3, -0.25) is 14.7 Å². The van der Waals surface area contributed by atoms with Crippen LogP contribution in [0.4, 0.5) is 0 Å². The Bertz CT molecular complexity index is 464. The highest BCUT2D eigenvalue weighted by Gasteiger charge is 2.45. The smallest absolute Gasteiger partial charge is 0.255 e. The topological polar surface area (TPSA) is 32.7 Å². The van der Waals surface area contributed by atoms with E-state index in [2.05, 4.69) is 4.99 Å². The third-order valence-electron chi connectivity index (χ3n) is 3.55. The fourth-order valence-corrected chi connectivity index (χ4v) is 2.00. The van der Waals surface area contributed by atoms with Gasteiger partial charge in [0.2, 0.25) is 0 Å². The van der Waals surface area contributed by atoms with E-state index in [9.17, 15) is 4.79 Å². The van der Waals surface area contributed by atoms with Crippen molar-refractivity contribution in [1.82, 2.24) is 4.90 Å². The second-order valence-corrected chi connectivity index (χ2v) is 4.97. The van der Waals surface area contributed by atoms with Gasteiger partial charge in [-0.15, -0.1) is 0 Å². The number of amides is 1. The van der Waals surface area contributed by atoms with Gasteiger partial charge in [0, 0.05) is 12.6 Å². The second-order valence-electron chi connectivity index (χ2n) is 4.97. The summed E-state index contributed by atoms with van der Waals surface area (Å²) in [6.07, 6.45) is 0. The number of hydrogen-bond donors (Lipinski definition) is 0. The van der Waals surface area contributed by atoms with Crippen molar-refractivity contribution < 1.29 is 4.79 Å². The predicted molar refractivity (Wildman–Crippen MR) is 69.0 cm³/mol. The Hall–Kier alpha value is -1.64. The average Bonchev–Trinajstić information content (AvgIpc) is 2.56. The summed E-state index contributed by atoms with van der Waals surface area (Å²) in [5.41, 5.74) is 0.368. The molecule has 0 spiro atoms. The minimum Gasteiger partial charge on any atom is -0.298 e. The highest BCUT2D eigenvalue weighted by molar-refractivity contribution is 6.14. The van der Waals surface area contributed by atoms with Crippen LogP contribution in [0.3, 0.4) is 0 Å². The number of aliphatic imine (C=N–C) groups is 1. The van der Waals surface area contributed by atoms with Crippen LogP contribution in [0.5, 0.6) is 0 Å². The van der Waals surface area contributed by atoms with E-state index >= 15 is 0 Å². The Morgan fingerprint density at radius 3 is 2.29 bits per heavy atom. The van der Waals surface area contributed by atoms with Crippen LogP contribution in [-0.4, -0.2) is 29.2 Å². The molecule has 0 saturated carbocycles. The van der Waals surface area contributed by atoms with Gasteiger partial charge in [0.15, 0.2) is 0 Å². The van der Waals surface area contributed by atoms with Crippen LogP contribution in [0.2, 0.25) is 0 Å². The summed E-state index contributed by atoms with van der Waals surface area (Å²) in [4.78, 5) is 18.6. The third-order valence-corrected chi connectivity index (χ3v) is 3.55. The van der Waals surface area contributed by atoms with E-state index in [1.165, 1.54) is 0 Å². The number of carbonyl (C=O) groups is 1. The number of carbonyl (C=O) groups excluding carboxylic acids is 1. The third kappa shape index (κ3) is 1.75. The fourth-order valence-electron chi connectivity index (χ4n) is 2.00. The maximum Gasteiger partial charge on any atom is 0.255 e. The monoisotopic (exact) mass is 230 g/mol. The van der Waals surface area contributed by atoms with Crippen LogP contribution < -0.4 is 0 Å². The molecule has 0 aromatic heterocycles. The van der Waals surface area contributed by atoms with Gasteiger partial charge >= 0.3 is 0 Å². The van der Waals surface area contributed by atoms with E-state index in [1.54, 1.807) is 11.9 Å². The Morgan fingerprint density at radius 2 is 1.82 bits per heavy atom. The standard InChI is InChI=1S/C14H18N2O/c1-10(2)14(3)13(17)16(4)12(15-14)11-8-6-5-7-9-11/h5-10H,1-4H3/t14-/m1/s1. The molecule has 3 heteroatoms.